The lowest BCUT2D eigenvalue weighted by Crippen LogP contribution is -2.39. The molecule has 0 bridgehead atoms. The van der Waals surface area contributed by atoms with Crippen molar-refractivity contribution in [2.45, 2.75) is 46.0 Å². The summed E-state index contributed by atoms with van der Waals surface area (Å²) < 4.78 is 0. The van der Waals surface area contributed by atoms with Gasteiger partial charge in [0.1, 0.15) is 0 Å². The zero-order valence-electron chi connectivity index (χ0n) is 11.3. The maximum Gasteiger partial charge on any atom is 0.314 e. The molecule has 0 spiro atoms. The van der Waals surface area contributed by atoms with Gasteiger partial charge in [-0.15, -0.1) is 0 Å². The van der Waals surface area contributed by atoms with Gasteiger partial charge in [-0.1, -0.05) is 13.8 Å². The van der Waals surface area contributed by atoms with E-state index in [9.17, 15) is 9.59 Å². The summed E-state index contributed by atoms with van der Waals surface area (Å²) in [6, 6.07) is -0.185. The maximum absolute atomic E-state index is 11.5. The van der Waals surface area contributed by atoms with E-state index >= 15 is 0 Å². The van der Waals surface area contributed by atoms with E-state index < -0.39 is 5.97 Å². The molecule has 0 aromatic heterocycles. The predicted octanol–water partition coefficient (Wildman–Crippen LogP) is 1.98. The highest BCUT2D eigenvalue weighted by molar-refractivity contribution is 5.74. The lowest BCUT2D eigenvalue weighted by Gasteiger charge is -2.18. The molecule has 1 aliphatic carbocycles. The SMILES string of the molecule is CC(C)CC1(CNC(=O)NCCCC(=O)O)CC1. The number of nitrogens with one attached hydrogen (secondary N) is 2. The van der Waals surface area contributed by atoms with Gasteiger partial charge >= 0.3 is 12.0 Å². The molecular formula is C13H24N2O3. The number of hydrogen-bond acceptors (Lipinski definition) is 2. The molecular weight excluding hydrogens is 232 g/mol. The number of hydrogen-bond donors (Lipinski definition) is 3. The van der Waals surface area contributed by atoms with Gasteiger partial charge in [-0.25, -0.2) is 4.79 Å². The summed E-state index contributed by atoms with van der Waals surface area (Å²) in [4.78, 5) is 21.8. The van der Waals surface area contributed by atoms with Gasteiger partial charge in [0.25, 0.3) is 0 Å². The van der Waals surface area contributed by atoms with E-state index in [1.165, 1.54) is 12.8 Å². The van der Waals surface area contributed by atoms with Gasteiger partial charge in [0.05, 0.1) is 0 Å². The van der Waals surface area contributed by atoms with Crippen LogP contribution in [0.1, 0.15) is 46.0 Å². The third-order valence-corrected chi connectivity index (χ3v) is 3.28. The zero-order valence-corrected chi connectivity index (χ0v) is 11.3. The van der Waals surface area contributed by atoms with E-state index in [1.807, 2.05) is 0 Å². The maximum atomic E-state index is 11.5. The Balaban J connectivity index is 2.08. The van der Waals surface area contributed by atoms with Crippen LogP contribution in [-0.2, 0) is 4.79 Å². The number of carbonyl (C=O) groups is 2. The molecule has 0 aromatic rings. The van der Waals surface area contributed by atoms with Crippen LogP contribution in [0.2, 0.25) is 0 Å². The highest BCUT2D eigenvalue weighted by Crippen LogP contribution is 2.49. The summed E-state index contributed by atoms with van der Waals surface area (Å²) >= 11 is 0. The Morgan fingerprint density at radius 1 is 1.28 bits per heavy atom. The largest absolute Gasteiger partial charge is 0.481 e. The molecule has 0 radical (unpaired) electrons. The van der Waals surface area contributed by atoms with Crippen molar-refractivity contribution in [1.82, 2.24) is 10.6 Å². The number of amides is 2. The van der Waals surface area contributed by atoms with Crippen molar-refractivity contribution in [3.63, 3.8) is 0 Å². The van der Waals surface area contributed by atoms with Crippen LogP contribution in [0.5, 0.6) is 0 Å². The molecule has 2 amide bonds. The molecule has 0 unspecified atom stereocenters. The van der Waals surface area contributed by atoms with E-state index in [-0.39, 0.29) is 12.5 Å². The van der Waals surface area contributed by atoms with Crippen molar-refractivity contribution < 1.29 is 14.7 Å². The highest BCUT2D eigenvalue weighted by Gasteiger charge is 2.42. The molecule has 1 fully saturated rings. The van der Waals surface area contributed by atoms with Crippen molar-refractivity contribution in [2.75, 3.05) is 13.1 Å². The minimum Gasteiger partial charge on any atom is -0.481 e. The normalized spacial score (nSPS) is 16.4. The second-order valence-electron chi connectivity index (χ2n) is 5.70. The lowest BCUT2D eigenvalue weighted by molar-refractivity contribution is -0.137. The Hall–Kier alpha value is -1.26. The highest BCUT2D eigenvalue weighted by atomic mass is 16.4. The van der Waals surface area contributed by atoms with E-state index in [4.69, 9.17) is 5.11 Å². The third kappa shape index (κ3) is 5.89. The van der Waals surface area contributed by atoms with Crippen molar-refractivity contribution in [2.24, 2.45) is 11.3 Å². The second kappa shape index (κ2) is 6.61. The Kier molecular flexibility index (Phi) is 5.44. The fourth-order valence-electron chi connectivity index (χ4n) is 2.27. The van der Waals surface area contributed by atoms with Crippen molar-refractivity contribution >= 4 is 12.0 Å². The number of urea groups is 1. The second-order valence-corrected chi connectivity index (χ2v) is 5.70. The molecule has 0 heterocycles. The molecule has 0 atom stereocenters. The van der Waals surface area contributed by atoms with E-state index in [0.717, 1.165) is 13.0 Å². The topological polar surface area (TPSA) is 78.4 Å². The molecule has 3 N–H and O–H groups in total. The summed E-state index contributed by atoms with van der Waals surface area (Å²) in [7, 11) is 0. The first kappa shape index (κ1) is 14.8. The Morgan fingerprint density at radius 2 is 1.94 bits per heavy atom. The first-order valence-corrected chi connectivity index (χ1v) is 6.67. The first-order chi connectivity index (χ1) is 8.43. The lowest BCUT2D eigenvalue weighted by atomic mass is 9.94. The van der Waals surface area contributed by atoms with Crippen molar-refractivity contribution in [3.05, 3.63) is 0 Å². The molecule has 0 saturated heterocycles. The van der Waals surface area contributed by atoms with Crippen LogP contribution in [0.15, 0.2) is 0 Å². The van der Waals surface area contributed by atoms with Crippen molar-refractivity contribution in [3.8, 4) is 0 Å². The summed E-state index contributed by atoms with van der Waals surface area (Å²) in [5.41, 5.74) is 0.326. The smallest absolute Gasteiger partial charge is 0.314 e. The van der Waals surface area contributed by atoms with Crippen LogP contribution in [0.3, 0.4) is 0 Å². The standard InChI is InChI=1S/C13H24N2O3/c1-10(2)8-13(5-6-13)9-15-12(18)14-7-3-4-11(16)17/h10H,3-9H2,1-2H3,(H,16,17)(H2,14,15,18). The molecule has 1 saturated carbocycles. The van der Waals surface area contributed by atoms with E-state index in [0.29, 0.717) is 24.3 Å². The summed E-state index contributed by atoms with van der Waals surface area (Å²) in [5, 5.41) is 14.0. The molecule has 0 aliphatic heterocycles. The number of rotatable bonds is 8. The zero-order chi connectivity index (χ0) is 13.6. The average Bonchev–Trinajstić information content (AvgIpc) is 3.01. The van der Waals surface area contributed by atoms with Crippen LogP contribution < -0.4 is 10.6 Å². The van der Waals surface area contributed by atoms with Gasteiger partial charge in [-0.2, -0.15) is 0 Å². The van der Waals surface area contributed by atoms with Crippen LogP contribution >= 0.6 is 0 Å². The molecule has 1 rings (SSSR count). The predicted molar refractivity (Wildman–Crippen MR) is 69.4 cm³/mol. The molecule has 18 heavy (non-hydrogen) atoms. The monoisotopic (exact) mass is 256 g/mol. The fraction of sp³-hybridized carbons (Fsp3) is 0.846. The van der Waals surface area contributed by atoms with Gasteiger partial charge < -0.3 is 15.7 Å². The number of carbonyl (C=O) groups excluding carboxylic acids is 1. The Labute approximate surface area is 108 Å². The molecule has 104 valence electrons. The number of carboxylic acid groups (broad SMARTS) is 1. The molecule has 1 aliphatic rings. The van der Waals surface area contributed by atoms with Gasteiger partial charge in [-0.05, 0) is 37.0 Å². The molecule has 5 heteroatoms. The minimum atomic E-state index is -0.828. The summed E-state index contributed by atoms with van der Waals surface area (Å²) in [5.74, 6) is -0.168. The average molecular weight is 256 g/mol. The van der Waals surface area contributed by atoms with Crippen LogP contribution in [0, 0.1) is 11.3 Å². The summed E-state index contributed by atoms with van der Waals surface area (Å²) in [6.45, 7) is 5.54. The van der Waals surface area contributed by atoms with Gasteiger partial charge in [0.15, 0.2) is 0 Å². The molecule has 5 nitrogen and oxygen atoms in total. The Morgan fingerprint density at radius 3 is 2.44 bits per heavy atom. The Bertz CT molecular complexity index is 299. The van der Waals surface area contributed by atoms with Crippen LogP contribution in [-0.4, -0.2) is 30.2 Å². The van der Waals surface area contributed by atoms with Crippen LogP contribution in [0.4, 0.5) is 4.79 Å². The first-order valence-electron chi connectivity index (χ1n) is 6.67. The third-order valence-electron chi connectivity index (χ3n) is 3.28. The number of aliphatic carboxylic acids is 1. The minimum absolute atomic E-state index is 0.0948. The number of carboxylic acids is 1. The molecule has 0 aromatic carbocycles. The van der Waals surface area contributed by atoms with Gasteiger partial charge in [-0.3, -0.25) is 4.79 Å². The van der Waals surface area contributed by atoms with Crippen LogP contribution in [0.25, 0.3) is 0 Å². The quantitative estimate of drug-likeness (QED) is 0.581. The van der Waals surface area contributed by atoms with Gasteiger partial charge in [0.2, 0.25) is 0 Å². The van der Waals surface area contributed by atoms with E-state index in [2.05, 4.69) is 24.5 Å². The van der Waals surface area contributed by atoms with Gasteiger partial charge in [0, 0.05) is 19.5 Å². The van der Waals surface area contributed by atoms with E-state index in [1.54, 1.807) is 0 Å². The fourth-order valence-corrected chi connectivity index (χ4v) is 2.27. The van der Waals surface area contributed by atoms with Crippen molar-refractivity contribution in [1.29, 1.82) is 0 Å². The summed E-state index contributed by atoms with van der Waals surface area (Å²) in [6.07, 6.45) is 4.12.